The molecule has 0 unspecified atom stereocenters. The van der Waals surface area contributed by atoms with Gasteiger partial charge in [-0.1, -0.05) is 41.9 Å². The Hall–Kier alpha value is -1.63. The molecule has 100 valence electrons. The summed E-state index contributed by atoms with van der Waals surface area (Å²) >= 11 is 5.89. The van der Waals surface area contributed by atoms with Crippen LogP contribution in [0.15, 0.2) is 47.6 Å². The van der Waals surface area contributed by atoms with Crippen LogP contribution in [0.5, 0.6) is 5.75 Å². The van der Waals surface area contributed by atoms with Gasteiger partial charge in [0.25, 0.3) is 0 Å². The Morgan fingerprint density at radius 3 is 2.53 bits per heavy atom. The summed E-state index contributed by atoms with van der Waals surface area (Å²) in [6.45, 7) is 0.188. The molecule has 1 aromatic heterocycles. The monoisotopic (exact) mass is 298 g/mol. The summed E-state index contributed by atoms with van der Waals surface area (Å²) in [4.78, 5) is 3.47. The molecular formula is C12H11ClN2O3S. The van der Waals surface area contributed by atoms with Crippen LogP contribution in [0, 0.1) is 0 Å². The lowest BCUT2D eigenvalue weighted by molar-refractivity contribution is 0.297. The van der Waals surface area contributed by atoms with Gasteiger partial charge >= 0.3 is 0 Å². The fraction of sp³-hybridized carbons (Fsp3) is 0.0833. The molecule has 2 aromatic rings. The summed E-state index contributed by atoms with van der Waals surface area (Å²) in [5.74, 6) is 0.0167. The third-order valence-corrected chi connectivity index (χ3v) is 3.53. The zero-order valence-electron chi connectivity index (χ0n) is 9.78. The lowest BCUT2D eigenvalue weighted by atomic mass is 10.2. The first-order chi connectivity index (χ1) is 8.98. The number of nitrogens with two attached hydrogens (primary N) is 1. The van der Waals surface area contributed by atoms with Gasteiger partial charge in [-0.2, -0.15) is 0 Å². The van der Waals surface area contributed by atoms with E-state index in [-0.39, 0.29) is 22.3 Å². The van der Waals surface area contributed by atoms with E-state index in [0.717, 1.165) is 11.8 Å². The Morgan fingerprint density at radius 2 is 1.89 bits per heavy atom. The average Bonchev–Trinajstić information content (AvgIpc) is 2.37. The van der Waals surface area contributed by atoms with Crippen LogP contribution in [-0.2, 0) is 16.6 Å². The van der Waals surface area contributed by atoms with Gasteiger partial charge in [-0.25, -0.2) is 13.6 Å². The van der Waals surface area contributed by atoms with Crippen molar-refractivity contribution in [1.82, 2.24) is 4.98 Å². The minimum atomic E-state index is -3.93. The van der Waals surface area contributed by atoms with E-state index in [1.54, 1.807) is 0 Å². The molecule has 2 N–H and O–H groups in total. The van der Waals surface area contributed by atoms with Crippen molar-refractivity contribution in [1.29, 1.82) is 0 Å². The minimum Gasteiger partial charge on any atom is -0.486 e. The predicted molar refractivity (Wildman–Crippen MR) is 71.4 cm³/mol. The van der Waals surface area contributed by atoms with E-state index < -0.39 is 10.0 Å². The second-order valence-corrected chi connectivity index (χ2v) is 5.70. The molecule has 0 spiro atoms. The number of rotatable bonds is 4. The van der Waals surface area contributed by atoms with Gasteiger partial charge in [0, 0.05) is 6.20 Å². The van der Waals surface area contributed by atoms with Crippen molar-refractivity contribution in [2.75, 3.05) is 0 Å². The van der Waals surface area contributed by atoms with Gasteiger partial charge in [-0.05, 0) is 5.56 Å². The molecule has 0 radical (unpaired) electrons. The van der Waals surface area contributed by atoms with E-state index in [1.807, 2.05) is 30.3 Å². The molecule has 1 heterocycles. The first-order valence-electron chi connectivity index (χ1n) is 5.31. The van der Waals surface area contributed by atoms with Crippen molar-refractivity contribution in [3.8, 4) is 5.75 Å². The molecule has 0 fully saturated rings. The quantitative estimate of drug-likeness (QED) is 0.935. The van der Waals surface area contributed by atoms with Crippen LogP contribution in [-0.4, -0.2) is 13.4 Å². The summed E-state index contributed by atoms with van der Waals surface area (Å²) < 4.78 is 28.3. The number of sulfonamides is 1. The highest BCUT2D eigenvalue weighted by Crippen LogP contribution is 2.30. The number of primary sulfonamides is 1. The molecule has 5 nitrogen and oxygen atoms in total. The number of ether oxygens (including phenoxy) is 1. The number of nitrogens with zero attached hydrogens (tertiary/aromatic N) is 1. The molecule has 7 heteroatoms. The van der Waals surface area contributed by atoms with Crippen LogP contribution in [0.4, 0.5) is 0 Å². The minimum absolute atomic E-state index is 0.0167. The van der Waals surface area contributed by atoms with Crippen LogP contribution >= 0.6 is 11.6 Å². The van der Waals surface area contributed by atoms with E-state index in [0.29, 0.717) is 0 Å². The number of aromatic nitrogens is 1. The van der Waals surface area contributed by atoms with Gasteiger partial charge in [0.1, 0.15) is 16.5 Å². The maximum Gasteiger partial charge on any atom is 0.243 e. The normalized spacial score (nSPS) is 11.3. The molecule has 0 atom stereocenters. The van der Waals surface area contributed by atoms with E-state index >= 15 is 0 Å². The lowest BCUT2D eigenvalue weighted by Crippen LogP contribution is -2.14. The maximum atomic E-state index is 11.4. The molecule has 0 saturated heterocycles. The number of benzene rings is 1. The molecule has 19 heavy (non-hydrogen) atoms. The number of hydrogen-bond acceptors (Lipinski definition) is 4. The van der Waals surface area contributed by atoms with Crippen molar-refractivity contribution in [3.63, 3.8) is 0 Å². The average molecular weight is 299 g/mol. The second-order valence-electron chi connectivity index (χ2n) is 3.77. The van der Waals surface area contributed by atoms with Gasteiger partial charge in [0.05, 0.1) is 6.20 Å². The van der Waals surface area contributed by atoms with E-state index in [2.05, 4.69) is 4.98 Å². The molecule has 0 aliphatic rings. The first kappa shape index (κ1) is 13.8. The summed E-state index contributed by atoms with van der Waals surface area (Å²) in [5.41, 5.74) is 0.885. The third kappa shape index (κ3) is 3.44. The van der Waals surface area contributed by atoms with Crippen molar-refractivity contribution in [2.24, 2.45) is 5.14 Å². The van der Waals surface area contributed by atoms with Crippen molar-refractivity contribution >= 4 is 21.6 Å². The van der Waals surface area contributed by atoms with Gasteiger partial charge in [0.2, 0.25) is 10.0 Å². The molecule has 1 aromatic carbocycles. The zero-order chi connectivity index (χ0) is 13.9. The van der Waals surface area contributed by atoms with E-state index in [4.69, 9.17) is 21.5 Å². The summed E-state index contributed by atoms with van der Waals surface area (Å²) in [5, 5.41) is 5.19. The van der Waals surface area contributed by atoms with Crippen molar-refractivity contribution < 1.29 is 13.2 Å². The smallest absolute Gasteiger partial charge is 0.243 e. The zero-order valence-corrected chi connectivity index (χ0v) is 11.4. The Bertz CT molecular complexity index is 675. The molecule has 0 aliphatic heterocycles. The van der Waals surface area contributed by atoms with Gasteiger partial charge in [-0.3, -0.25) is 4.98 Å². The van der Waals surface area contributed by atoms with E-state index in [1.165, 1.54) is 6.20 Å². The number of halogens is 1. The topological polar surface area (TPSA) is 82.3 Å². The van der Waals surface area contributed by atoms with Gasteiger partial charge in [0.15, 0.2) is 5.75 Å². The van der Waals surface area contributed by atoms with Crippen LogP contribution in [0.25, 0.3) is 0 Å². The van der Waals surface area contributed by atoms with Crippen LogP contribution in [0.3, 0.4) is 0 Å². The molecule has 2 rings (SSSR count). The summed E-state index contributed by atoms with van der Waals surface area (Å²) in [6, 6.07) is 9.29. The predicted octanol–water partition coefficient (Wildman–Crippen LogP) is 1.96. The van der Waals surface area contributed by atoms with Crippen LogP contribution < -0.4 is 9.88 Å². The van der Waals surface area contributed by atoms with Crippen molar-refractivity contribution in [2.45, 2.75) is 11.5 Å². The molecule has 0 saturated carbocycles. The summed E-state index contributed by atoms with van der Waals surface area (Å²) in [7, 11) is -3.93. The fourth-order valence-electron chi connectivity index (χ4n) is 1.48. The Morgan fingerprint density at radius 1 is 1.21 bits per heavy atom. The molecular weight excluding hydrogens is 288 g/mol. The molecule has 0 aliphatic carbocycles. The van der Waals surface area contributed by atoms with E-state index in [9.17, 15) is 8.42 Å². The third-order valence-electron chi connectivity index (χ3n) is 2.35. The molecule has 0 amide bonds. The van der Waals surface area contributed by atoms with Crippen LogP contribution in [0.1, 0.15) is 5.56 Å². The molecule has 0 bridgehead atoms. The fourth-order valence-corrected chi connectivity index (χ4v) is 2.38. The maximum absolute atomic E-state index is 11.4. The van der Waals surface area contributed by atoms with Crippen molar-refractivity contribution in [3.05, 3.63) is 53.3 Å². The number of pyridine rings is 1. The number of hydrogen-bond donors (Lipinski definition) is 1. The standard InChI is InChI=1S/C12H11ClN2O3S/c13-10-6-15-7-11(19(14,16)17)12(10)18-8-9-4-2-1-3-5-9/h1-7H,8H2,(H2,14,16,17). The lowest BCUT2D eigenvalue weighted by Gasteiger charge is -2.11. The Labute approximate surface area is 116 Å². The Kier molecular flexibility index (Phi) is 4.04. The largest absolute Gasteiger partial charge is 0.486 e. The SMILES string of the molecule is NS(=O)(=O)c1cncc(Cl)c1OCc1ccccc1. The highest BCUT2D eigenvalue weighted by atomic mass is 35.5. The van der Waals surface area contributed by atoms with Gasteiger partial charge in [-0.15, -0.1) is 0 Å². The van der Waals surface area contributed by atoms with Gasteiger partial charge < -0.3 is 4.74 Å². The first-order valence-corrected chi connectivity index (χ1v) is 7.24. The second kappa shape index (κ2) is 5.56. The highest BCUT2D eigenvalue weighted by molar-refractivity contribution is 7.89. The summed E-state index contributed by atoms with van der Waals surface area (Å²) in [6.07, 6.45) is 2.41. The van der Waals surface area contributed by atoms with Crippen LogP contribution in [0.2, 0.25) is 5.02 Å². The highest BCUT2D eigenvalue weighted by Gasteiger charge is 2.18. The Balaban J connectivity index is 2.30.